The number of hydrogen-bond acceptors (Lipinski definition) is 7. The Kier molecular flexibility index (Phi) is 3.88. The number of rotatable bonds is 3. The smallest absolute Gasteiger partial charge is 0.322 e. The van der Waals surface area contributed by atoms with Gasteiger partial charge in [-0.25, -0.2) is 9.78 Å². The fraction of sp³-hybridized carbons (Fsp3) is 0.250. The van der Waals surface area contributed by atoms with Crippen molar-refractivity contribution in [2.75, 3.05) is 5.32 Å². The highest BCUT2D eigenvalue weighted by molar-refractivity contribution is 7.00. The van der Waals surface area contributed by atoms with Crippen molar-refractivity contribution in [2.24, 2.45) is 14.1 Å². The molecule has 0 radical (unpaired) electrons. The average molecular weight is 385 g/mol. The zero-order chi connectivity index (χ0) is 19.3. The quantitative estimate of drug-likeness (QED) is 0.545. The van der Waals surface area contributed by atoms with Gasteiger partial charge in [-0.05, 0) is 18.6 Å². The summed E-state index contributed by atoms with van der Waals surface area (Å²) in [5.41, 5.74) is 2.24. The summed E-state index contributed by atoms with van der Waals surface area (Å²) >= 11 is 1.07. The minimum absolute atomic E-state index is 0.128. The highest BCUT2D eigenvalue weighted by Gasteiger charge is 2.17. The van der Waals surface area contributed by atoms with Gasteiger partial charge in [0.05, 0.1) is 23.7 Å². The zero-order valence-corrected chi connectivity index (χ0v) is 15.6. The lowest BCUT2D eigenvalue weighted by Gasteiger charge is -2.10. The van der Waals surface area contributed by atoms with Gasteiger partial charge in [-0.3, -0.25) is 18.7 Å². The molecule has 4 aromatic rings. The Morgan fingerprint density at radius 2 is 1.96 bits per heavy atom. The van der Waals surface area contributed by atoms with E-state index in [2.05, 4.69) is 19.0 Å². The van der Waals surface area contributed by atoms with Crippen molar-refractivity contribution in [1.82, 2.24) is 27.4 Å². The summed E-state index contributed by atoms with van der Waals surface area (Å²) in [5.74, 6) is -0.339. The maximum Gasteiger partial charge on any atom is 0.332 e. The van der Waals surface area contributed by atoms with E-state index in [0.29, 0.717) is 16.7 Å². The fourth-order valence-electron chi connectivity index (χ4n) is 2.96. The summed E-state index contributed by atoms with van der Waals surface area (Å²) in [6, 6.07) is 3.70. The van der Waals surface area contributed by atoms with E-state index in [9.17, 15) is 14.4 Å². The maximum atomic E-state index is 12.6. The van der Waals surface area contributed by atoms with Gasteiger partial charge in [0.15, 0.2) is 11.2 Å². The molecule has 1 amide bonds. The van der Waals surface area contributed by atoms with E-state index >= 15 is 0 Å². The van der Waals surface area contributed by atoms with Crippen LogP contribution in [0, 0.1) is 6.92 Å². The molecule has 3 aromatic heterocycles. The second-order valence-electron chi connectivity index (χ2n) is 6.19. The number of anilines is 1. The molecule has 0 bridgehead atoms. The number of amides is 1. The summed E-state index contributed by atoms with van der Waals surface area (Å²) in [4.78, 5) is 41.2. The van der Waals surface area contributed by atoms with Gasteiger partial charge in [-0.2, -0.15) is 8.75 Å². The molecule has 27 heavy (non-hydrogen) atoms. The number of nitrogens with one attached hydrogen (secondary N) is 1. The van der Waals surface area contributed by atoms with E-state index in [1.54, 1.807) is 0 Å². The number of benzene rings is 1. The van der Waals surface area contributed by atoms with Crippen molar-refractivity contribution in [3.63, 3.8) is 0 Å². The molecule has 11 heteroatoms. The molecular weight excluding hydrogens is 370 g/mol. The first kappa shape index (κ1) is 17.1. The van der Waals surface area contributed by atoms with Crippen molar-refractivity contribution in [2.45, 2.75) is 13.5 Å². The van der Waals surface area contributed by atoms with E-state index in [4.69, 9.17) is 0 Å². The van der Waals surface area contributed by atoms with Crippen LogP contribution in [-0.4, -0.2) is 33.3 Å². The van der Waals surface area contributed by atoms with Crippen LogP contribution in [0.25, 0.3) is 22.2 Å². The second-order valence-corrected chi connectivity index (χ2v) is 6.72. The first-order valence-corrected chi connectivity index (χ1v) is 8.74. The van der Waals surface area contributed by atoms with Crippen LogP contribution in [0.5, 0.6) is 0 Å². The molecule has 0 atom stereocenters. The Morgan fingerprint density at radius 1 is 1.19 bits per heavy atom. The van der Waals surface area contributed by atoms with Crippen LogP contribution < -0.4 is 16.6 Å². The van der Waals surface area contributed by atoms with Crippen LogP contribution in [0.4, 0.5) is 5.69 Å². The van der Waals surface area contributed by atoms with Crippen molar-refractivity contribution in [3.8, 4) is 0 Å². The lowest BCUT2D eigenvalue weighted by atomic mass is 10.1. The van der Waals surface area contributed by atoms with Crippen LogP contribution in [0.1, 0.15) is 5.56 Å². The van der Waals surface area contributed by atoms with Crippen molar-refractivity contribution in [1.29, 1.82) is 0 Å². The molecule has 4 rings (SSSR count). The first-order valence-electron chi connectivity index (χ1n) is 8.01. The van der Waals surface area contributed by atoms with Crippen LogP contribution in [-0.2, 0) is 25.4 Å². The largest absolute Gasteiger partial charge is 0.332 e. The van der Waals surface area contributed by atoms with Gasteiger partial charge < -0.3 is 9.88 Å². The number of imidazole rings is 1. The molecule has 0 spiro atoms. The number of carbonyl (C=O) groups excluding carboxylic acids is 1. The monoisotopic (exact) mass is 385 g/mol. The van der Waals surface area contributed by atoms with Gasteiger partial charge >= 0.3 is 5.69 Å². The zero-order valence-electron chi connectivity index (χ0n) is 14.8. The lowest BCUT2D eigenvalue weighted by molar-refractivity contribution is -0.116. The van der Waals surface area contributed by atoms with Crippen LogP contribution >= 0.6 is 11.7 Å². The van der Waals surface area contributed by atoms with E-state index in [0.717, 1.165) is 21.9 Å². The predicted molar refractivity (Wildman–Crippen MR) is 101 cm³/mol. The molecule has 0 saturated heterocycles. The van der Waals surface area contributed by atoms with Crippen molar-refractivity contribution < 1.29 is 4.79 Å². The number of aryl methyl sites for hydroxylation is 2. The Morgan fingerprint density at radius 3 is 2.74 bits per heavy atom. The summed E-state index contributed by atoms with van der Waals surface area (Å²) in [5, 5.41) is 2.84. The Balaban J connectivity index is 1.72. The predicted octanol–water partition coefficient (Wildman–Crippen LogP) is 0.386. The minimum Gasteiger partial charge on any atom is -0.322 e. The number of carbonyl (C=O) groups is 1. The standard InChI is InChI=1S/C16H15N7O3S/c1-8-4-5-9-12(20-27-19-9)11(8)18-10(24)6-23-7-17-14-13(23)15(25)22(3)16(26)21(14)2/h4-5,7H,6H2,1-3H3,(H,18,24). The molecule has 0 aliphatic heterocycles. The molecule has 0 aliphatic carbocycles. The Labute approximate surface area is 156 Å². The SMILES string of the molecule is Cc1ccc2nsnc2c1NC(=O)Cn1cnc2c1c(=O)n(C)c(=O)n2C. The fourth-order valence-corrected chi connectivity index (χ4v) is 3.50. The lowest BCUT2D eigenvalue weighted by Crippen LogP contribution is -2.37. The summed E-state index contributed by atoms with van der Waals surface area (Å²) in [7, 11) is 2.92. The third-order valence-corrected chi connectivity index (χ3v) is 4.97. The highest BCUT2D eigenvalue weighted by atomic mass is 32.1. The van der Waals surface area contributed by atoms with Crippen molar-refractivity contribution in [3.05, 3.63) is 44.9 Å². The molecule has 0 unspecified atom stereocenters. The number of nitrogens with zero attached hydrogens (tertiary/aromatic N) is 6. The van der Waals surface area contributed by atoms with E-state index in [1.165, 1.54) is 29.6 Å². The minimum atomic E-state index is -0.500. The third-order valence-electron chi connectivity index (χ3n) is 4.43. The van der Waals surface area contributed by atoms with Gasteiger partial charge in [0, 0.05) is 14.1 Å². The van der Waals surface area contributed by atoms with E-state index in [-0.39, 0.29) is 23.6 Å². The second kappa shape index (κ2) is 6.13. The molecule has 3 heterocycles. The molecule has 0 saturated carbocycles. The van der Waals surface area contributed by atoms with Gasteiger partial charge in [0.25, 0.3) is 5.56 Å². The number of fused-ring (bicyclic) bond motifs is 2. The van der Waals surface area contributed by atoms with Crippen LogP contribution in [0.15, 0.2) is 28.0 Å². The first-order chi connectivity index (χ1) is 12.9. The van der Waals surface area contributed by atoms with Gasteiger partial charge in [0.2, 0.25) is 5.91 Å². The average Bonchev–Trinajstić information content (AvgIpc) is 3.27. The summed E-state index contributed by atoms with van der Waals surface area (Å²) in [6.07, 6.45) is 1.38. The molecule has 10 nitrogen and oxygen atoms in total. The van der Waals surface area contributed by atoms with Crippen LogP contribution in [0.3, 0.4) is 0 Å². The Hall–Kier alpha value is -3.34. The highest BCUT2D eigenvalue weighted by Crippen LogP contribution is 2.25. The molecular formula is C16H15N7O3S. The molecule has 138 valence electrons. The van der Waals surface area contributed by atoms with Gasteiger partial charge in [0.1, 0.15) is 17.6 Å². The number of hydrogen-bond donors (Lipinski definition) is 1. The Bertz CT molecular complexity index is 1330. The normalized spacial score (nSPS) is 11.4. The summed E-state index contributed by atoms with van der Waals surface area (Å²) < 4.78 is 12.1. The molecule has 0 aliphatic rings. The van der Waals surface area contributed by atoms with E-state index < -0.39 is 11.2 Å². The molecule has 0 fully saturated rings. The maximum absolute atomic E-state index is 12.6. The van der Waals surface area contributed by atoms with Crippen LogP contribution in [0.2, 0.25) is 0 Å². The van der Waals surface area contributed by atoms with Gasteiger partial charge in [-0.15, -0.1) is 0 Å². The summed E-state index contributed by atoms with van der Waals surface area (Å²) in [6.45, 7) is 1.74. The molecule has 1 N–H and O–H groups in total. The van der Waals surface area contributed by atoms with Gasteiger partial charge in [-0.1, -0.05) is 6.07 Å². The number of aromatic nitrogens is 6. The van der Waals surface area contributed by atoms with E-state index in [1.807, 2.05) is 19.1 Å². The van der Waals surface area contributed by atoms with Crippen molar-refractivity contribution >= 4 is 45.5 Å². The molecule has 1 aromatic carbocycles. The third kappa shape index (κ3) is 2.63. The topological polar surface area (TPSA) is 117 Å².